The Kier molecular flexibility index (Phi) is 7.65. The van der Waals surface area contributed by atoms with Crippen molar-refractivity contribution in [2.75, 3.05) is 25.1 Å². The lowest BCUT2D eigenvalue weighted by atomic mass is 10.1. The highest BCUT2D eigenvalue weighted by atomic mass is 35.5. The molecule has 204 valence electrons. The van der Waals surface area contributed by atoms with Gasteiger partial charge in [0.15, 0.2) is 0 Å². The van der Waals surface area contributed by atoms with Gasteiger partial charge in [-0.25, -0.2) is 23.5 Å². The van der Waals surface area contributed by atoms with Gasteiger partial charge in [-0.1, -0.05) is 11.6 Å². The molecule has 0 amide bonds. The first-order valence-corrected chi connectivity index (χ1v) is 14.4. The molecule has 0 spiro atoms. The van der Waals surface area contributed by atoms with Crippen LogP contribution in [0.3, 0.4) is 0 Å². The van der Waals surface area contributed by atoms with Gasteiger partial charge >= 0.3 is 6.18 Å². The fraction of sp³-hybridized carbons (Fsp3) is 0.480. The summed E-state index contributed by atoms with van der Waals surface area (Å²) in [4.78, 5) is 15.8. The summed E-state index contributed by atoms with van der Waals surface area (Å²) in [5.41, 5.74) is 6.68. The van der Waals surface area contributed by atoms with E-state index in [0.29, 0.717) is 47.6 Å². The van der Waals surface area contributed by atoms with Gasteiger partial charge in [-0.2, -0.15) is 13.2 Å². The molecular weight excluding hydrogens is 539 g/mol. The van der Waals surface area contributed by atoms with Crippen LogP contribution in [0, 0.1) is 5.92 Å². The van der Waals surface area contributed by atoms with Crippen LogP contribution in [0.15, 0.2) is 30.7 Å². The molecule has 0 saturated heterocycles. The quantitative estimate of drug-likeness (QED) is 0.259. The third-order valence-electron chi connectivity index (χ3n) is 7.27. The topological polar surface area (TPSA) is 106 Å². The molecule has 0 bridgehead atoms. The van der Waals surface area contributed by atoms with Crippen molar-refractivity contribution in [2.45, 2.75) is 50.7 Å². The molecule has 0 radical (unpaired) electrons. The highest BCUT2D eigenvalue weighted by Gasteiger charge is 2.34. The van der Waals surface area contributed by atoms with Crippen LogP contribution >= 0.6 is 11.6 Å². The summed E-state index contributed by atoms with van der Waals surface area (Å²) in [5, 5.41) is 0.501. The van der Waals surface area contributed by atoms with Gasteiger partial charge in [0.1, 0.15) is 23.6 Å². The predicted octanol–water partition coefficient (Wildman–Crippen LogP) is 5.52. The minimum atomic E-state index is -4.52. The maximum Gasteiger partial charge on any atom is 0.417 e. The highest BCUT2D eigenvalue weighted by Crippen LogP contribution is 2.38. The van der Waals surface area contributed by atoms with Gasteiger partial charge in [0, 0.05) is 38.0 Å². The maximum absolute atomic E-state index is 13.1. The predicted molar refractivity (Wildman–Crippen MR) is 143 cm³/mol. The number of aryl methyl sites for hydroxylation is 1. The Morgan fingerprint density at radius 1 is 1.26 bits per heavy atom. The molecule has 1 aromatic carbocycles. The fourth-order valence-electron chi connectivity index (χ4n) is 5.37. The number of nitrogens with zero attached hydrogens (tertiary/aromatic N) is 5. The lowest BCUT2D eigenvalue weighted by molar-refractivity contribution is -0.137. The number of alkyl halides is 3. The molecular formula is C25H29ClF3N7OS. The zero-order valence-corrected chi connectivity index (χ0v) is 22.4. The zero-order valence-electron chi connectivity index (χ0n) is 20.8. The summed E-state index contributed by atoms with van der Waals surface area (Å²) in [7, 11) is -1.10. The molecule has 8 nitrogen and oxygen atoms in total. The summed E-state index contributed by atoms with van der Waals surface area (Å²) in [6.45, 7) is 1.42. The Morgan fingerprint density at radius 3 is 2.84 bits per heavy atom. The molecule has 13 heteroatoms. The van der Waals surface area contributed by atoms with Crippen LogP contribution < -0.4 is 5.73 Å². The van der Waals surface area contributed by atoms with Gasteiger partial charge in [0.05, 0.1) is 38.0 Å². The van der Waals surface area contributed by atoms with Crippen LogP contribution in [0.25, 0.3) is 22.1 Å². The summed E-state index contributed by atoms with van der Waals surface area (Å²) < 4.78 is 56.0. The lowest BCUT2D eigenvalue weighted by Crippen LogP contribution is -2.31. The third-order valence-corrected chi connectivity index (χ3v) is 8.64. The van der Waals surface area contributed by atoms with E-state index in [4.69, 9.17) is 17.3 Å². The zero-order chi connectivity index (χ0) is 27.0. The van der Waals surface area contributed by atoms with Gasteiger partial charge < -0.3 is 15.3 Å². The van der Waals surface area contributed by atoms with Crippen molar-refractivity contribution >= 4 is 50.5 Å². The van der Waals surface area contributed by atoms with E-state index in [2.05, 4.69) is 24.5 Å². The average Bonchev–Trinajstić information content (AvgIpc) is 3.57. The van der Waals surface area contributed by atoms with E-state index in [1.807, 2.05) is 16.6 Å². The number of hydrogen-bond donors (Lipinski definition) is 2. The normalized spacial score (nSPS) is 19.2. The number of nitrogens with two attached hydrogens (primary N) is 1. The van der Waals surface area contributed by atoms with E-state index in [1.165, 1.54) is 12.4 Å². The van der Waals surface area contributed by atoms with Crippen LogP contribution in [0.5, 0.6) is 0 Å². The number of benzene rings is 1. The second kappa shape index (κ2) is 10.8. The molecule has 1 aliphatic rings. The van der Waals surface area contributed by atoms with Crippen molar-refractivity contribution < 1.29 is 17.4 Å². The van der Waals surface area contributed by atoms with Gasteiger partial charge in [0.25, 0.3) is 0 Å². The van der Waals surface area contributed by atoms with E-state index in [9.17, 15) is 17.4 Å². The molecule has 1 unspecified atom stereocenters. The number of imidazole rings is 1. The first-order valence-electron chi connectivity index (χ1n) is 12.5. The summed E-state index contributed by atoms with van der Waals surface area (Å²) in [6.07, 6.45) is 5.86. The van der Waals surface area contributed by atoms with Crippen LogP contribution in [0.1, 0.15) is 49.5 Å². The van der Waals surface area contributed by atoms with Crippen molar-refractivity contribution in [2.24, 2.45) is 5.92 Å². The third kappa shape index (κ3) is 5.67. The number of aromatic nitrogens is 5. The molecule has 1 saturated carbocycles. The van der Waals surface area contributed by atoms with Crippen molar-refractivity contribution in [3.63, 3.8) is 0 Å². The van der Waals surface area contributed by atoms with E-state index in [1.54, 1.807) is 6.26 Å². The van der Waals surface area contributed by atoms with Crippen LogP contribution in [0.4, 0.5) is 19.0 Å². The molecule has 1 fully saturated rings. The molecule has 3 atom stereocenters. The largest absolute Gasteiger partial charge is 0.417 e. The van der Waals surface area contributed by atoms with Crippen molar-refractivity contribution in [1.29, 1.82) is 0 Å². The Hall–Kier alpha value is -2.70. The van der Waals surface area contributed by atoms with Crippen LogP contribution in [-0.2, 0) is 23.6 Å². The number of H-pyrrole nitrogens is 1. The van der Waals surface area contributed by atoms with Crippen molar-refractivity contribution in [1.82, 2.24) is 28.8 Å². The number of nitrogens with one attached hydrogen (secondary N) is 1. The number of nitrogen functional groups attached to an aromatic ring is 1. The molecule has 3 N–H and O–H groups in total. The van der Waals surface area contributed by atoms with E-state index in [-0.39, 0.29) is 5.02 Å². The molecule has 5 rings (SSSR count). The number of rotatable bonds is 9. The van der Waals surface area contributed by atoms with Gasteiger partial charge in [0.2, 0.25) is 0 Å². The van der Waals surface area contributed by atoms with Gasteiger partial charge in [-0.05, 0) is 56.2 Å². The minimum Gasteiger partial charge on any atom is -0.383 e. The van der Waals surface area contributed by atoms with Crippen molar-refractivity contribution in [3.8, 4) is 0 Å². The minimum absolute atomic E-state index is 0.313. The standard InChI is InChI=1S/C25H29ClF3N7OS/c1-38(37)35(13-15-5-6-16(10-15)36-9-7-17-23(30)31-14-32-24(17)36)8-3-2-4-22-33-20-11-18(25(27,28)29)19(26)12-21(20)34-22/h7,9,11-12,14-16H,2-6,8,10,13H2,1H3,(H,33,34)(H2,30,31,32)/t15-,16+,38?/m1/s1. The Morgan fingerprint density at radius 2 is 2.08 bits per heavy atom. The molecule has 4 aromatic rings. The number of anilines is 1. The van der Waals surface area contributed by atoms with E-state index < -0.39 is 22.7 Å². The first-order chi connectivity index (χ1) is 18.1. The molecule has 0 aliphatic heterocycles. The smallest absolute Gasteiger partial charge is 0.383 e. The Bertz CT molecular complexity index is 1470. The monoisotopic (exact) mass is 567 g/mol. The number of fused-ring (bicyclic) bond motifs is 2. The first kappa shape index (κ1) is 26.9. The maximum atomic E-state index is 13.1. The van der Waals surface area contributed by atoms with E-state index in [0.717, 1.165) is 55.7 Å². The highest BCUT2D eigenvalue weighted by molar-refractivity contribution is 7.81. The average molecular weight is 568 g/mol. The SMILES string of the molecule is CS(=O)N(CCCCc1nc2cc(Cl)c(C(F)(F)F)cc2[nH]1)C[C@@H]1CC[C@H](n2ccc3c(N)ncnc32)C1. The van der Waals surface area contributed by atoms with Crippen LogP contribution in [-0.4, -0.2) is 52.4 Å². The summed E-state index contributed by atoms with van der Waals surface area (Å²) in [6, 6.07) is 4.52. The lowest BCUT2D eigenvalue weighted by Gasteiger charge is -2.23. The van der Waals surface area contributed by atoms with E-state index >= 15 is 0 Å². The second-order valence-electron chi connectivity index (χ2n) is 9.85. The number of hydrogen-bond acceptors (Lipinski definition) is 5. The molecule has 38 heavy (non-hydrogen) atoms. The number of unbranched alkanes of at least 4 members (excludes halogenated alkanes) is 1. The molecule has 1 aliphatic carbocycles. The summed E-state index contributed by atoms with van der Waals surface area (Å²) in [5.74, 6) is 1.51. The molecule has 3 heterocycles. The van der Waals surface area contributed by atoms with Gasteiger partial charge in [-0.15, -0.1) is 0 Å². The second-order valence-corrected chi connectivity index (χ2v) is 11.6. The molecule has 3 aromatic heterocycles. The fourth-order valence-corrected chi connectivity index (χ4v) is 6.44. The number of aromatic amines is 1. The number of halogens is 4. The Balaban J connectivity index is 1.14. The van der Waals surface area contributed by atoms with Crippen molar-refractivity contribution in [3.05, 3.63) is 47.1 Å². The Labute approximate surface area is 225 Å². The summed E-state index contributed by atoms with van der Waals surface area (Å²) >= 11 is 5.81. The van der Waals surface area contributed by atoms with Gasteiger partial charge in [-0.3, -0.25) is 0 Å². The van der Waals surface area contributed by atoms with Crippen LogP contribution in [0.2, 0.25) is 5.02 Å².